The van der Waals surface area contributed by atoms with Crippen LogP contribution in [0, 0.1) is 0 Å². The predicted molar refractivity (Wildman–Crippen MR) is 141 cm³/mol. The third-order valence-electron chi connectivity index (χ3n) is 5.53. The summed E-state index contributed by atoms with van der Waals surface area (Å²) < 4.78 is 5.11. The molecule has 0 aromatic heterocycles. The Balaban J connectivity index is 1.54. The molecule has 4 rings (SSSR count). The standard InChI is InChI=1S/C25H21N3O7S2/c1-2-35-24(34)14-7-9-15(10-8-14)26-18(29)13-28-17-6-4-3-5-16(17)20(22(28)32)21-23(33)27(25(36)37-21)12-11-19(30)31/h3-10H,2,11-13H2,1H3,(H,26,29)(H,30,31)/b21-20-. The molecule has 0 unspecified atom stereocenters. The predicted octanol–water partition coefficient (Wildman–Crippen LogP) is 2.89. The molecular weight excluding hydrogens is 518 g/mol. The van der Waals surface area contributed by atoms with Gasteiger partial charge in [0.25, 0.3) is 11.8 Å². The number of rotatable bonds is 8. The number of carbonyl (C=O) groups is 5. The zero-order valence-corrected chi connectivity index (χ0v) is 21.2. The van der Waals surface area contributed by atoms with E-state index in [2.05, 4.69) is 5.32 Å². The van der Waals surface area contributed by atoms with Crippen molar-refractivity contribution in [2.24, 2.45) is 0 Å². The van der Waals surface area contributed by atoms with Crippen LogP contribution in [0.15, 0.2) is 53.4 Å². The second-order valence-corrected chi connectivity index (χ2v) is 9.57. The Morgan fingerprint density at radius 3 is 2.41 bits per heavy atom. The molecule has 2 aromatic carbocycles. The highest BCUT2D eigenvalue weighted by molar-refractivity contribution is 8.26. The van der Waals surface area contributed by atoms with Gasteiger partial charge < -0.3 is 15.2 Å². The van der Waals surface area contributed by atoms with Crippen LogP contribution in [0.25, 0.3) is 5.57 Å². The maximum atomic E-state index is 13.5. The van der Waals surface area contributed by atoms with E-state index >= 15 is 0 Å². The molecule has 2 aliphatic heterocycles. The van der Waals surface area contributed by atoms with Crippen molar-refractivity contribution in [3.05, 3.63) is 64.6 Å². The Kier molecular flexibility index (Phi) is 7.69. The smallest absolute Gasteiger partial charge is 0.338 e. The Hall–Kier alpha value is -4.03. The lowest BCUT2D eigenvalue weighted by Gasteiger charge is -2.17. The summed E-state index contributed by atoms with van der Waals surface area (Å²) in [6.45, 7) is 1.53. The van der Waals surface area contributed by atoms with Crippen LogP contribution >= 0.6 is 24.0 Å². The second kappa shape index (κ2) is 10.9. The minimum absolute atomic E-state index is 0.102. The molecule has 2 aliphatic rings. The first-order chi connectivity index (χ1) is 17.7. The molecule has 0 atom stereocenters. The van der Waals surface area contributed by atoms with Crippen molar-refractivity contribution < 1.29 is 33.8 Å². The number of anilines is 2. The maximum absolute atomic E-state index is 13.5. The molecule has 0 bridgehead atoms. The van der Waals surface area contributed by atoms with Crippen LogP contribution in [-0.2, 0) is 23.9 Å². The molecule has 1 saturated heterocycles. The molecule has 0 radical (unpaired) electrons. The number of carboxylic acid groups (broad SMARTS) is 1. The Morgan fingerprint density at radius 1 is 1.03 bits per heavy atom. The first kappa shape index (κ1) is 26.0. The van der Waals surface area contributed by atoms with Crippen LogP contribution in [0.2, 0.25) is 0 Å². The average Bonchev–Trinajstić information content (AvgIpc) is 3.29. The number of carboxylic acids is 1. The highest BCUT2D eigenvalue weighted by atomic mass is 32.2. The van der Waals surface area contributed by atoms with Gasteiger partial charge in [-0.1, -0.05) is 42.2 Å². The van der Waals surface area contributed by atoms with E-state index in [4.69, 9.17) is 22.1 Å². The van der Waals surface area contributed by atoms with Gasteiger partial charge in [0.1, 0.15) is 10.9 Å². The van der Waals surface area contributed by atoms with E-state index < -0.39 is 29.7 Å². The summed E-state index contributed by atoms with van der Waals surface area (Å²) in [5.74, 6) is -3.10. The summed E-state index contributed by atoms with van der Waals surface area (Å²) in [7, 11) is 0. The lowest BCUT2D eigenvalue weighted by atomic mass is 10.1. The van der Waals surface area contributed by atoms with Crippen LogP contribution in [0.5, 0.6) is 0 Å². The number of thioether (sulfide) groups is 1. The lowest BCUT2D eigenvalue weighted by Crippen LogP contribution is -2.35. The van der Waals surface area contributed by atoms with Gasteiger partial charge in [-0.3, -0.25) is 29.0 Å². The van der Waals surface area contributed by atoms with E-state index in [1.807, 2.05) is 0 Å². The number of para-hydroxylation sites is 1. The van der Waals surface area contributed by atoms with E-state index in [1.54, 1.807) is 43.3 Å². The summed E-state index contributed by atoms with van der Waals surface area (Å²) in [6, 6.07) is 12.9. The monoisotopic (exact) mass is 539 g/mol. The normalized spacial score (nSPS) is 16.7. The molecule has 2 N–H and O–H groups in total. The van der Waals surface area contributed by atoms with Gasteiger partial charge in [-0.05, 0) is 37.3 Å². The molecule has 3 amide bonds. The number of hydrogen-bond acceptors (Lipinski definition) is 8. The number of carbonyl (C=O) groups excluding carboxylic acids is 4. The van der Waals surface area contributed by atoms with Gasteiger partial charge in [-0.2, -0.15) is 0 Å². The molecule has 1 fully saturated rings. The number of ether oxygens (including phenoxy) is 1. The van der Waals surface area contributed by atoms with E-state index in [-0.39, 0.29) is 40.9 Å². The fourth-order valence-electron chi connectivity index (χ4n) is 3.85. The maximum Gasteiger partial charge on any atom is 0.338 e. The quantitative estimate of drug-likeness (QED) is 0.295. The Morgan fingerprint density at radius 2 is 1.73 bits per heavy atom. The summed E-state index contributed by atoms with van der Waals surface area (Å²) in [6.07, 6.45) is -0.285. The fraction of sp³-hybridized carbons (Fsp3) is 0.200. The van der Waals surface area contributed by atoms with Crippen molar-refractivity contribution >= 4 is 74.9 Å². The van der Waals surface area contributed by atoms with Gasteiger partial charge >= 0.3 is 11.9 Å². The number of nitrogens with zero attached hydrogens (tertiary/aromatic N) is 2. The van der Waals surface area contributed by atoms with Gasteiger partial charge in [-0.15, -0.1) is 0 Å². The molecule has 10 nitrogen and oxygen atoms in total. The number of amides is 3. The van der Waals surface area contributed by atoms with E-state index in [0.29, 0.717) is 22.5 Å². The van der Waals surface area contributed by atoms with Crippen molar-refractivity contribution in [2.75, 3.05) is 29.9 Å². The van der Waals surface area contributed by atoms with Gasteiger partial charge in [0.15, 0.2) is 0 Å². The minimum atomic E-state index is -1.07. The second-order valence-electron chi connectivity index (χ2n) is 7.93. The van der Waals surface area contributed by atoms with Crippen LogP contribution in [-0.4, -0.2) is 63.7 Å². The summed E-state index contributed by atoms with van der Waals surface area (Å²) in [5.41, 5.74) is 1.84. The summed E-state index contributed by atoms with van der Waals surface area (Å²) in [5, 5.41) is 11.7. The number of aliphatic carboxylic acids is 1. The molecule has 12 heteroatoms. The van der Waals surface area contributed by atoms with Crippen molar-refractivity contribution in [2.45, 2.75) is 13.3 Å². The third kappa shape index (κ3) is 5.39. The number of thiocarbonyl (C=S) groups is 1. The highest BCUT2D eigenvalue weighted by Crippen LogP contribution is 2.44. The largest absolute Gasteiger partial charge is 0.481 e. The van der Waals surface area contributed by atoms with Gasteiger partial charge in [-0.25, -0.2) is 4.79 Å². The van der Waals surface area contributed by atoms with E-state index in [9.17, 15) is 24.0 Å². The van der Waals surface area contributed by atoms with E-state index in [0.717, 1.165) is 11.8 Å². The SMILES string of the molecule is CCOC(=O)c1ccc(NC(=O)CN2C(=O)/C(=C3\SC(=S)N(CCC(=O)O)C3=O)c3ccccc32)cc1. The van der Waals surface area contributed by atoms with E-state index in [1.165, 1.54) is 21.9 Å². The number of hydrogen-bond donors (Lipinski definition) is 2. The highest BCUT2D eigenvalue weighted by Gasteiger charge is 2.42. The zero-order chi connectivity index (χ0) is 26.7. The van der Waals surface area contributed by atoms with Crippen LogP contribution in [0.1, 0.15) is 29.3 Å². The first-order valence-corrected chi connectivity index (χ1v) is 12.4. The van der Waals surface area contributed by atoms with Crippen LogP contribution < -0.4 is 10.2 Å². The first-order valence-electron chi connectivity index (χ1n) is 11.2. The van der Waals surface area contributed by atoms with Gasteiger partial charge in [0, 0.05) is 17.8 Å². The number of fused-ring (bicyclic) bond motifs is 1. The van der Waals surface area contributed by atoms with Crippen LogP contribution in [0.4, 0.5) is 11.4 Å². The number of nitrogens with one attached hydrogen (secondary N) is 1. The molecule has 0 spiro atoms. The van der Waals surface area contributed by atoms with Crippen molar-refractivity contribution in [1.29, 1.82) is 0 Å². The Labute approximate surface area is 221 Å². The van der Waals surface area contributed by atoms with Crippen molar-refractivity contribution in [1.82, 2.24) is 4.90 Å². The topological polar surface area (TPSA) is 133 Å². The molecule has 190 valence electrons. The third-order valence-corrected chi connectivity index (χ3v) is 6.98. The number of esters is 1. The molecule has 0 aliphatic carbocycles. The molecule has 2 aromatic rings. The molecule has 2 heterocycles. The zero-order valence-electron chi connectivity index (χ0n) is 19.6. The fourth-order valence-corrected chi connectivity index (χ4v) is 5.23. The van der Waals surface area contributed by atoms with Crippen molar-refractivity contribution in [3.63, 3.8) is 0 Å². The number of benzene rings is 2. The molecule has 0 saturated carbocycles. The lowest BCUT2D eigenvalue weighted by molar-refractivity contribution is -0.137. The van der Waals surface area contributed by atoms with Crippen molar-refractivity contribution in [3.8, 4) is 0 Å². The summed E-state index contributed by atoms with van der Waals surface area (Å²) >= 11 is 6.19. The molecular formula is C25H21N3O7S2. The molecule has 37 heavy (non-hydrogen) atoms. The average molecular weight is 540 g/mol. The minimum Gasteiger partial charge on any atom is -0.481 e. The van der Waals surface area contributed by atoms with Gasteiger partial charge in [0.2, 0.25) is 5.91 Å². The Bertz CT molecular complexity index is 1350. The van der Waals surface area contributed by atoms with Gasteiger partial charge in [0.05, 0.1) is 34.8 Å². The van der Waals surface area contributed by atoms with Crippen LogP contribution in [0.3, 0.4) is 0 Å². The summed E-state index contributed by atoms with van der Waals surface area (Å²) in [4.78, 5) is 64.6.